The molecule has 26 heavy (non-hydrogen) atoms. The van der Waals surface area contributed by atoms with Gasteiger partial charge in [0.15, 0.2) is 0 Å². The lowest BCUT2D eigenvalue weighted by atomic mass is 10.1. The van der Waals surface area contributed by atoms with Gasteiger partial charge in [0.25, 0.3) is 0 Å². The van der Waals surface area contributed by atoms with Gasteiger partial charge in [0.05, 0.1) is 5.56 Å². The number of aryl methyl sites for hydroxylation is 1. The largest absolute Gasteiger partial charge is 0.315 e. The number of carbonyl (C=O) groups excluding carboxylic acids is 1. The minimum absolute atomic E-state index is 0.123. The lowest BCUT2D eigenvalue weighted by Crippen LogP contribution is -2.20. The Kier molecular flexibility index (Phi) is 4.18. The van der Waals surface area contributed by atoms with Crippen molar-refractivity contribution in [3.05, 3.63) is 46.1 Å². The molecule has 7 nitrogen and oxygen atoms in total. The van der Waals surface area contributed by atoms with Crippen LogP contribution in [0.5, 0.6) is 0 Å². The highest BCUT2D eigenvalue weighted by molar-refractivity contribution is 7.16. The van der Waals surface area contributed by atoms with Gasteiger partial charge in [-0.25, -0.2) is 4.39 Å². The van der Waals surface area contributed by atoms with Gasteiger partial charge in [-0.05, 0) is 54.3 Å². The zero-order valence-corrected chi connectivity index (χ0v) is 14.4. The van der Waals surface area contributed by atoms with E-state index in [0.29, 0.717) is 22.0 Å². The number of rotatable bonds is 4. The molecule has 0 aliphatic heterocycles. The predicted molar refractivity (Wildman–Crippen MR) is 92.9 cm³/mol. The van der Waals surface area contributed by atoms with Crippen LogP contribution >= 0.6 is 11.3 Å². The number of thiophene rings is 1. The smallest absolute Gasteiger partial charge is 0.248 e. The number of amides is 1. The Morgan fingerprint density at radius 1 is 1.35 bits per heavy atom. The second-order valence-corrected chi connectivity index (χ2v) is 6.98. The number of anilines is 1. The molecule has 0 unspecified atom stereocenters. The zero-order valence-electron chi connectivity index (χ0n) is 13.6. The number of carbonyl (C=O) groups is 1. The lowest BCUT2D eigenvalue weighted by Gasteiger charge is -2.03. The molecule has 1 aliphatic rings. The first kappa shape index (κ1) is 16.4. The lowest BCUT2D eigenvalue weighted by molar-refractivity contribution is -0.117. The average Bonchev–Trinajstić information content (AvgIpc) is 3.31. The number of tetrazole rings is 1. The van der Waals surface area contributed by atoms with Crippen LogP contribution in [-0.4, -0.2) is 26.1 Å². The van der Waals surface area contributed by atoms with Crippen molar-refractivity contribution in [3.8, 4) is 17.5 Å². The van der Waals surface area contributed by atoms with Gasteiger partial charge in [-0.15, -0.1) is 21.5 Å². The topological polar surface area (TPSA) is 96.5 Å². The van der Waals surface area contributed by atoms with Crippen LogP contribution in [0.4, 0.5) is 9.39 Å². The van der Waals surface area contributed by atoms with E-state index in [4.69, 9.17) is 0 Å². The molecule has 0 bridgehead atoms. The number of nitrogens with zero attached hydrogens (tertiary/aromatic N) is 5. The molecular weight excluding hydrogens is 355 g/mol. The Bertz CT molecular complexity index is 1020. The van der Waals surface area contributed by atoms with E-state index in [1.807, 2.05) is 0 Å². The summed E-state index contributed by atoms with van der Waals surface area (Å²) in [6.45, 7) is -0.123. The highest BCUT2D eigenvalue weighted by Crippen LogP contribution is 2.38. The molecule has 4 rings (SSSR count). The van der Waals surface area contributed by atoms with Crippen molar-refractivity contribution in [2.75, 3.05) is 5.32 Å². The van der Waals surface area contributed by atoms with Crippen molar-refractivity contribution in [1.29, 1.82) is 5.26 Å². The Labute approximate surface area is 152 Å². The Hall–Kier alpha value is -3.12. The SMILES string of the molecule is N#Cc1c(NC(=O)Cn2nnc(-c3ccc(F)cc3)n2)sc2c1CCC2. The van der Waals surface area contributed by atoms with Crippen molar-refractivity contribution in [3.63, 3.8) is 0 Å². The minimum Gasteiger partial charge on any atom is -0.315 e. The fourth-order valence-corrected chi connectivity index (χ4v) is 4.19. The maximum Gasteiger partial charge on any atom is 0.248 e. The number of benzene rings is 1. The summed E-state index contributed by atoms with van der Waals surface area (Å²) < 4.78 is 13.0. The highest BCUT2D eigenvalue weighted by atomic mass is 32.1. The molecule has 1 aliphatic carbocycles. The fourth-order valence-electron chi connectivity index (χ4n) is 2.93. The molecule has 1 aromatic carbocycles. The van der Waals surface area contributed by atoms with Crippen LogP contribution in [0.15, 0.2) is 24.3 Å². The van der Waals surface area contributed by atoms with Crippen molar-refractivity contribution in [1.82, 2.24) is 20.2 Å². The molecule has 0 spiro atoms. The monoisotopic (exact) mass is 368 g/mol. The van der Waals surface area contributed by atoms with Gasteiger partial charge in [0.2, 0.25) is 11.7 Å². The van der Waals surface area contributed by atoms with Crippen molar-refractivity contribution >= 4 is 22.2 Å². The van der Waals surface area contributed by atoms with E-state index in [2.05, 4.69) is 26.8 Å². The van der Waals surface area contributed by atoms with Gasteiger partial charge >= 0.3 is 0 Å². The molecule has 3 aromatic rings. The summed E-state index contributed by atoms with van der Waals surface area (Å²) in [4.78, 5) is 14.6. The first-order valence-corrected chi connectivity index (χ1v) is 8.84. The predicted octanol–water partition coefficient (Wildman–Crippen LogP) is 2.54. The van der Waals surface area contributed by atoms with Crippen LogP contribution in [-0.2, 0) is 24.2 Å². The molecule has 2 aromatic heterocycles. The number of halogens is 1. The number of hydrogen-bond acceptors (Lipinski definition) is 6. The average molecular weight is 368 g/mol. The number of fused-ring (bicyclic) bond motifs is 1. The van der Waals surface area contributed by atoms with Gasteiger partial charge in [-0.2, -0.15) is 10.1 Å². The van der Waals surface area contributed by atoms with Gasteiger partial charge in [-0.3, -0.25) is 4.79 Å². The van der Waals surface area contributed by atoms with E-state index in [1.165, 1.54) is 33.1 Å². The summed E-state index contributed by atoms with van der Waals surface area (Å²) in [6.07, 6.45) is 2.89. The first-order valence-electron chi connectivity index (χ1n) is 8.02. The van der Waals surface area contributed by atoms with Crippen LogP contribution in [0.1, 0.15) is 22.4 Å². The van der Waals surface area contributed by atoms with Crippen molar-refractivity contribution < 1.29 is 9.18 Å². The second kappa shape index (κ2) is 6.65. The van der Waals surface area contributed by atoms with Crippen LogP contribution in [0.2, 0.25) is 0 Å². The van der Waals surface area contributed by atoms with E-state index in [-0.39, 0.29) is 18.3 Å². The first-order chi connectivity index (χ1) is 12.6. The Morgan fingerprint density at radius 3 is 2.92 bits per heavy atom. The maximum absolute atomic E-state index is 13.0. The summed E-state index contributed by atoms with van der Waals surface area (Å²) >= 11 is 1.46. The Morgan fingerprint density at radius 2 is 2.15 bits per heavy atom. The third kappa shape index (κ3) is 3.07. The molecule has 0 saturated carbocycles. The van der Waals surface area contributed by atoms with Crippen LogP contribution in [0.25, 0.3) is 11.4 Å². The summed E-state index contributed by atoms with van der Waals surface area (Å²) in [5, 5.41) is 24.6. The zero-order chi connectivity index (χ0) is 18.1. The van der Waals surface area contributed by atoms with Gasteiger partial charge in [0.1, 0.15) is 23.4 Å². The molecule has 1 N–H and O–H groups in total. The molecule has 0 atom stereocenters. The van der Waals surface area contributed by atoms with E-state index in [0.717, 1.165) is 24.8 Å². The molecule has 9 heteroatoms. The van der Waals surface area contributed by atoms with E-state index >= 15 is 0 Å². The fraction of sp³-hybridized carbons (Fsp3) is 0.235. The maximum atomic E-state index is 13.0. The van der Waals surface area contributed by atoms with Crippen LogP contribution < -0.4 is 5.32 Å². The summed E-state index contributed by atoms with van der Waals surface area (Å²) in [7, 11) is 0. The standard InChI is InChI=1S/C17H13FN6OS/c18-11-6-4-10(5-7-11)16-21-23-24(22-16)9-15(25)20-17-13(8-19)12-2-1-3-14(12)26-17/h4-7H,1-3,9H2,(H,20,25). The molecular formula is C17H13FN6OS. The summed E-state index contributed by atoms with van der Waals surface area (Å²) in [5.74, 6) is -0.369. The van der Waals surface area contributed by atoms with Gasteiger partial charge in [0, 0.05) is 10.4 Å². The van der Waals surface area contributed by atoms with Crippen LogP contribution in [0.3, 0.4) is 0 Å². The summed E-state index contributed by atoms with van der Waals surface area (Å²) in [5.41, 5.74) is 2.24. The van der Waals surface area contributed by atoms with E-state index in [1.54, 1.807) is 12.1 Å². The van der Waals surface area contributed by atoms with Crippen molar-refractivity contribution in [2.24, 2.45) is 0 Å². The highest BCUT2D eigenvalue weighted by Gasteiger charge is 2.23. The number of nitriles is 1. The van der Waals surface area contributed by atoms with Crippen molar-refractivity contribution in [2.45, 2.75) is 25.8 Å². The summed E-state index contributed by atoms with van der Waals surface area (Å²) in [6, 6.07) is 7.89. The normalized spacial score (nSPS) is 12.6. The van der Waals surface area contributed by atoms with Crippen LogP contribution in [0, 0.1) is 17.1 Å². The minimum atomic E-state index is -0.350. The van der Waals surface area contributed by atoms with Gasteiger partial charge in [-0.1, -0.05) is 0 Å². The number of hydrogen-bond donors (Lipinski definition) is 1. The van der Waals surface area contributed by atoms with E-state index in [9.17, 15) is 14.4 Å². The number of nitrogens with one attached hydrogen (secondary N) is 1. The van der Waals surface area contributed by atoms with E-state index < -0.39 is 0 Å². The molecule has 0 radical (unpaired) electrons. The third-order valence-corrected chi connectivity index (χ3v) is 5.33. The molecule has 0 fully saturated rings. The molecule has 1 amide bonds. The molecule has 130 valence electrons. The molecule has 0 saturated heterocycles. The molecule has 2 heterocycles. The Balaban J connectivity index is 1.46. The number of aromatic nitrogens is 4. The second-order valence-electron chi connectivity index (χ2n) is 5.87. The third-order valence-electron chi connectivity index (χ3n) is 4.13. The van der Waals surface area contributed by atoms with Gasteiger partial charge < -0.3 is 5.32 Å². The quantitative estimate of drug-likeness (QED) is 0.763.